The molecule has 3 aromatic rings. The molecular formula is C25H23N3O3. The van der Waals surface area contributed by atoms with Gasteiger partial charge in [-0.2, -0.15) is 0 Å². The number of carbonyl (C=O) groups is 2. The lowest BCUT2D eigenvalue weighted by atomic mass is 10.0. The molecule has 31 heavy (non-hydrogen) atoms. The topological polar surface area (TPSA) is 71.5 Å². The largest absolute Gasteiger partial charge is 0.494 e. The van der Waals surface area contributed by atoms with E-state index >= 15 is 0 Å². The van der Waals surface area contributed by atoms with Gasteiger partial charge in [-0.3, -0.25) is 19.5 Å². The maximum atomic E-state index is 13.3. The van der Waals surface area contributed by atoms with Crippen molar-refractivity contribution in [1.82, 2.24) is 9.88 Å². The Labute approximate surface area is 181 Å². The van der Waals surface area contributed by atoms with Crippen LogP contribution in [0, 0.1) is 0 Å². The lowest BCUT2D eigenvalue weighted by Gasteiger charge is -2.15. The fourth-order valence-electron chi connectivity index (χ4n) is 3.41. The molecule has 2 amide bonds. The average molecular weight is 413 g/mol. The molecule has 1 aliphatic rings. The van der Waals surface area contributed by atoms with Crippen molar-refractivity contribution >= 4 is 23.1 Å². The van der Waals surface area contributed by atoms with Gasteiger partial charge in [-0.05, 0) is 35.7 Å². The smallest absolute Gasteiger partial charge is 0.278 e. The summed E-state index contributed by atoms with van der Waals surface area (Å²) in [7, 11) is 0. The summed E-state index contributed by atoms with van der Waals surface area (Å²) in [5.74, 6) is 0.00576. The molecule has 1 aliphatic heterocycles. The molecule has 0 radical (unpaired) electrons. The van der Waals surface area contributed by atoms with Gasteiger partial charge in [-0.25, -0.2) is 0 Å². The van der Waals surface area contributed by atoms with Crippen molar-refractivity contribution in [3.8, 4) is 5.75 Å². The Morgan fingerprint density at radius 1 is 0.968 bits per heavy atom. The molecule has 6 heteroatoms. The Hall–Kier alpha value is -3.93. The first kappa shape index (κ1) is 20.3. The fraction of sp³-hybridized carbons (Fsp3) is 0.160. The van der Waals surface area contributed by atoms with E-state index in [2.05, 4.69) is 10.3 Å². The van der Waals surface area contributed by atoms with Gasteiger partial charge in [0.2, 0.25) is 0 Å². The number of pyridine rings is 1. The van der Waals surface area contributed by atoms with Crippen LogP contribution in [-0.2, 0) is 16.1 Å². The fourth-order valence-corrected chi connectivity index (χ4v) is 3.41. The summed E-state index contributed by atoms with van der Waals surface area (Å²) >= 11 is 0. The summed E-state index contributed by atoms with van der Waals surface area (Å²) in [6.07, 6.45) is 4.21. The van der Waals surface area contributed by atoms with Crippen LogP contribution in [0.2, 0.25) is 0 Å². The van der Waals surface area contributed by atoms with Crippen molar-refractivity contribution in [1.29, 1.82) is 0 Å². The van der Waals surface area contributed by atoms with Crippen LogP contribution in [0.25, 0.3) is 5.57 Å². The highest BCUT2D eigenvalue weighted by Gasteiger charge is 2.39. The number of amides is 2. The van der Waals surface area contributed by atoms with Crippen LogP contribution >= 0.6 is 0 Å². The number of anilines is 1. The molecule has 0 aliphatic carbocycles. The second-order valence-corrected chi connectivity index (χ2v) is 7.18. The van der Waals surface area contributed by atoms with E-state index in [1.54, 1.807) is 18.5 Å². The third-order valence-electron chi connectivity index (χ3n) is 4.87. The molecule has 0 fully saturated rings. The number of imide groups is 1. The number of nitrogens with zero attached hydrogens (tertiary/aromatic N) is 2. The van der Waals surface area contributed by atoms with Crippen LogP contribution in [0.3, 0.4) is 0 Å². The zero-order chi connectivity index (χ0) is 21.6. The molecule has 0 spiro atoms. The first-order valence-corrected chi connectivity index (χ1v) is 10.2. The van der Waals surface area contributed by atoms with Gasteiger partial charge >= 0.3 is 0 Å². The zero-order valence-corrected chi connectivity index (χ0v) is 17.2. The molecule has 1 aromatic heterocycles. The summed E-state index contributed by atoms with van der Waals surface area (Å²) in [4.78, 5) is 31.9. The highest BCUT2D eigenvalue weighted by atomic mass is 16.5. The third-order valence-corrected chi connectivity index (χ3v) is 4.87. The van der Waals surface area contributed by atoms with Crippen LogP contribution in [0.4, 0.5) is 5.69 Å². The number of benzene rings is 2. The Morgan fingerprint density at radius 2 is 1.81 bits per heavy atom. The molecule has 0 saturated heterocycles. The summed E-state index contributed by atoms with van der Waals surface area (Å²) in [6.45, 7) is 2.81. The standard InChI is InChI=1S/C25H23N3O3/c1-2-14-31-21-12-6-11-20(15-21)27-23-22(19-9-4-3-5-10-19)24(29)28(25(23)30)17-18-8-7-13-26-16-18/h3-13,15-16,27H,2,14,17H2,1H3. The maximum Gasteiger partial charge on any atom is 0.278 e. The number of hydrogen-bond donors (Lipinski definition) is 1. The van der Waals surface area contributed by atoms with E-state index in [0.29, 0.717) is 29.2 Å². The number of ether oxygens (including phenoxy) is 1. The van der Waals surface area contributed by atoms with Crippen molar-refractivity contribution in [2.24, 2.45) is 0 Å². The monoisotopic (exact) mass is 413 g/mol. The van der Waals surface area contributed by atoms with Gasteiger partial charge in [-0.1, -0.05) is 49.4 Å². The predicted molar refractivity (Wildman–Crippen MR) is 119 cm³/mol. The number of rotatable bonds is 8. The van der Waals surface area contributed by atoms with Crippen LogP contribution in [0.1, 0.15) is 24.5 Å². The van der Waals surface area contributed by atoms with E-state index in [0.717, 1.165) is 12.0 Å². The van der Waals surface area contributed by atoms with E-state index in [9.17, 15) is 9.59 Å². The molecule has 156 valence electrons. The minimum atomic E-state index is -0.368. The van der Waals surface area contributed by atoms with E-state index in [1.807, 2.05) is 67.6 Å². The SMILES string of the molecule is CCCOc1cccc(NC2=C(c3ccccc3)C(=O)N(Cc3cccnc3)C2=O)c1. The number of aromatic nitrogens is 1. The average Bonchev–Trinajstić information content (AvgIpc) is 3.03. The number of nitrogens with one attached hydrogen (secondary N) is 1. The second-order valence-electron chi connectivity index (χ2n) is 7.18. The Morgan fingerprint density at radius 3 is 2.55 bits per heavy atom. The normalized spacial score (nSPS) is 13.6. The first-order chi connectivity index (χ1) is 15.2. The van der Waals surface area contributed by atoms with Crippen molar-refractivity contribution in [2.45, 2.75) is 19.9 Å². The molecule has 0 unspecified atom stereocenters. The molecule has 6 nitrogen and oxygen atoms in total. The Balaban J connectivity index is 1.68. The van der Waals surface area contributed by atoms with Crippen LogP contribution in [-0.4, -0.2) is 28.3 Å². The Bertz CT molecular complexity index is 1110. The predicted octanol–water partition coefficient (Wildman–Crippen LogP) is 4.26. The van der Waals surface area contributed by atoms with Crippen LogP contribution < -0.4 is 10.1 Å². The zero-order valence-electron chi connectivity index (χ0n) is 17.2. The first-order valence-electron chi connectivity index (χ1n) is 10.2. The van der Waals surface area contributed by atoms with Gasteiger partial charge in [0.15, 0.2) is 0 Å². The summed E-state index contributed by atoms with van der Waals surface area (Å²) in [6, 6.07) is 20.2. The Kier molecular flexibility index (Phi) is 6.08. The second kappa shape index (κ2) is 9.26. The lowest BCUT2D eigenvalue weighted by Crippen LogP contribution is -2.32. The molecule has 0 bridgehead atoms. The van der Waals surface area contributed by atoms with Gasteiger partial charge in [0, 0.05) is 24.1 Å². The quantitative estimate of drug-likeness (QED) is 0.559. The summed E-state index contributed by atoms with van der Waals surface area (Å²) < 4.78 is 5.69. The lowest BCUT2D eigenvalue weighted by molar-refractivity contribution is -0.137. The highest BCUT2D eigenvalue weighted by Crippen LogP contribution is 2.32. The number of hydrogen-bond acceptors (Lipinski definition) is 5. The molecule has 0 saturated carbocycles. The van der Waals surface area contributed by atoms with Crippen molar-refractivity contribution in [2.75, 3.05) is 11.9 Å². The van der Waals surface area contributed by atoms with E-state index in [-0.39, 0.29) is 24.1 Å². The van der Waals surface area contributed by atoms with Crippen LogP contribution in [0.15, 0.2) is 84.8 Å². The molecular weight excluding hydrogens is 390 g/mol. The van der Waals surface area contributed by atoms with Crippen LogP contribution in [0.5, 0.6) is 5.75 Å². The molecule has 2 heterocycles. The van der Waals surface area contributed by atoms with Gasteiger partial charge in [-0.15, -0.1) is 0 Å². The van der Waals surface area contributed by atoms with Gasteiger partial charge in [0.05, 0.1) is 18.7 Å². The van der Waals surface area contributed by atoms with Gasteiger partial charge < -0.3 is 10.1 Å². The molecule has 2 aromatic carbocycles. The third kappa shape index (κ3) is 4.48. The minimum absolute atomic E-state index is 0.159. The molecule has 1 N–H and O–H groups in total. The van der Waals surface area contributed by atoms with E-state index in [1.165, 1.54) is 4.90 Å². The van der Waals surface area contributed by atoms with Crippen molar-refractivity contribution < 1.29 is 14.3 Å². The van der Waals surface area contributed by atoms with E-state index < -0.39 is 0 Å². The minimum Gasteiger partial charge on any atom is -0.494 e. The van der Waals surface area contributed by atoms with Crippen molar-refractivity contribution in [3.05, 3.63) is 95.9 Å². The van der Waals surface area contributed by atoms with Crippen molar-refractivity contribution in [3.63, 3.8) is 0 Å². The molecule has 0 atom stereocenters. The molecule has 4 rings (SSSR count). The van der Waals surface area contributed by atoms with E-state index in [4.69, 9.17) is 4.74 Å². The van der Waals surface area contributed by atoms with Gasteiger partial charge in [0.25, 0.3) is 11.8 Å². The summed E-state index contributed by atoms with van der Waals surface area (Å²) in [5.41, 5.74) is 2.77. The maximum absolute atomic E-state index is 13.3. The highest BCUT2D eigenvalue weighted by molar-refractivity contribution is 6.36. The van der Waals surface area contributed by atoms with Gasteiger partial charge in [0.1, 0.15) is 11.4 Å². The summed E-state index contributed by atoms with van der Waals surface area (Å²) in [5, 5.41) is 3.17. The number of carbonyl (C=O) groups excluding carboxylic acids is 2.